The molecule has 6 nitrogen and oxygen atoms in total. The molecule has 3 rings (SSSR count). The number of carbonyl (C=O) groups excluding carboxylic acids is 1. The summed E-state index contributed by atoms with van der Waals surface area (Å²) in [6.45, 7) is 1.27. The molecule has 0 saturated carbocycles. The Morgan fingerprint density at radius 3 is 2.91 bits per heavy atom. The fourth-order valence-corrected chi connectivity index (χ4v) is 2.64. The summed E-state index contributed by atoms with van der Waals surface area (Å²) in [6.07, 6.45) is 0.735. The van der Waals surface area contributed by atoms with E-state index in [0.717, 1.165) is 12.1 Å². The van der Waals surface area contributed by atoms with Gasteiger partial charge in [0.15, 0.2) is 0 Å². The van der Waals surface area contributed by atoms with E-state index in [1.165, 1.54) is 24.3 Å². The van der Waals surface area contributed by atoms with Crippen LogP contribution < -0.4 is 15.8 Å². The molecule has 2 N–H and O–H groups in total. The predicted octanol–water partition coefficient (Wildman–Crippen LogP) is 1.57. The van der Waals surface area contributed by atoms with Gasteiger partial charge in [0.05, 0.1) is 5.02 Å². The van der Waals surface area contributed by atoms with Crippen LogP contribution in [0.3, 0.4) is 0 Å². The molecule has 1 aromatic carbocycles. The van der Waals surface area contributed by atoms with E-state index < -0.39 is 5.82 Å². The highest BCUT2D eigenvalue weighted by Crippen LogP contribution is 2.25. The van der Waals surface area contributed by atoms with E-state index in [4.69, 9.17) is 11.6 Å². The third kappa shape index (κ3) is 3.50. The lowest BCUT2D eigenvalue weighted by Gasteiger charge is -2.19. The van der Waals surface area contributed by atoms with E-state index in [-0.39, 0.29) is 28.2 Å². The Kier molecular flexibility index (Phi) is 4.29. The van der Waals surface area contributed by atoms with Crippen molar-refractivity contribution in [1.29, 1.82) is 0 Å². The lowest BCUT2D eigenvalue weighted by Crippen LogP contribution is -2.37. The van der Waals surface area contributed by atoms with Crippen LogP contribution in [0.1, 0.15) is 16.9 Å². The van der Waals surface area contributed by atoms with Gasteiger partial charge in [-0.05, 0) is 30.7 Å². The van der Waals surface area contributed by atoms with E-state index in [2.05, 4.69) is 15.5 Å². The molecule has 0 aliphatic carbocycles. The van der Waals surface area contributed by atoms with Gasteiger partial charge in [0.25, 0.3) is 11.5 Å². The van der Waals surface area contributed by atoms with E-state index >= 15 is 0 Å². The van der Waals surface area contributed by atoms with Gasteiger partial charge in [0.2, 0.25) is 0 Å². The maximum atomic E-state index is 13.5. The summed E-state index contributed by atoms with van der Waals surface area (Å²) < 4.78 is 13.5. The molecule has 1 atom stereocenters. The Morgan fingerprint density at radius 1 is 1.39 bits per heavy atom. The number of H-pyrrole nitrogens is 1. The van der Waals surface area contributed by atoms with Gasteiger partial charge in [-0.15, -0.1) is 0 Å². The van der Waals surface area contributed by atoms with Crippen molar-refractivity contribution in [2.24, 2.45) is 0 Å². The second kappa shape index (κ2) is 6.37. The molecule has 120 valence electrons. The molecule has 8 heteroatoms. The van der Waals surface area contributed by atoms with Crippen LogP contribution in [0.4, 0.5) is 10.1 Å². The van der Waals surface area contributed by atoms with Crippen molar-refractivity contribution >= 4 is 23.2 Å². The molecule has 1 aromatic heterocycles. The summed E-state index contributed by atoms with van der Waals surface area (Å²) in [4.78, 5) is 25.0. The Hall–Kier alpha value is -2.41. The number of aromatic nitrogens is 2. The lowest BCUT2D eigenvalue weighted by atomic mass is 10.2. The van der Waals surface area contributed by atoms with Gasteiger partial charge in [-0.25, -0.2) is 9.49 Å². The van der Waals surface area contributed by atoms with Crippen molar-refractivity contribution in [2.75, 3.05) is 18.0 Å². The van der Waals surface area contributed by atoms with Crippen LogP contribution >= 0.6 is 11.6 Å². The third-order valence-corrected chi connectivity index (χ3v) is 4.01. The van der Waals surface area contributed by atoms with Crippen LogP contribution in [0.15, 0.2) is 35.1 Å². The topological polar surface area (TPSA) is 78.1 Å². The minimum atomic E-state index is -0.464. The van der Waals surface area contributed by atoms with Gasteiger partial charge < -0.3 is 10.2 Å². The highest BCUT2D eigenvalue weighted by molar-refractivity contribution is 6.30. The summed E-state index contributed by atoms with van der Waals surface area (Å²) in [6, 6.07) is 7.20. The normalized spacial score (nSPS) is 17.3. The fourth-order valence-electron chi connectivity index (χ4n) is 2.52. The van der Waals surface area contributed by atoms with Gasteiger partial charge in [0.1, 0.15) is 11.5 Å². The highest BCUT2D eigenvalue weighted by Gasteiger charge is 2.25. The second-order valence-corrected chi connectivity index (χ2v) is 5.72. The number of halogens is 2. The zero-order chi connectivity index (χ0) is 16.4. The first kappa shape index (κ1) is 15.5. The Labute approximate surface area is 136 Å². The number of amides is 1. The largest absolute Gasteiger partial charge is 0.369 e. The van der Waals surface area contributed by atoms with E-state index in [1.807, 2.05) is 4.90 Å². The number of nitrogens with zero attached hydrogens (tertiary/aromatic N) is 2. The van der Waals surface area contributed by atoms with Crippen molar-refractivity contribution < 1.29 is 9.18 Å². The number of anilines is 1. The van der Waals surface area contributed by atoms with Crippen LogP contribution in [0.25, 0.3) is 0 Å². The highest BCUT2D eigenvalue weighted by atomic mass is 35.5. The summed E-state index contributed by atoms with van der Waals surface area (Å²) >= 11 is 5.68. The number of nitrogens with one attached hydrogen (secondary N) is 2. The maximum absolute atomic E-state index is 13.5. The van der Waals surface area contributed by atoms with E-state index in [0.29, 0.717) is 13.1 Å². The molecular weight excluding hydrogens is 323 g/mol. The van der Waals surface area contributed by atoms with Gasteiger partial charge in [-0.1, -0.05) is 11.6 Å². The van der Waals surface area contributed by atoms with E-state index in [1.54, 1.807) is 6.07 Å². The van der Waals surface area contributed by atoms with Crippen LogP contribution in [-0.2, 0) is 0 Å². The first-order chi connectivity index (χ1) is 11.0. The van der Waals surface area contributed by atoms with Crippen molar-refractivity contribution in [1.82, 2.24) is 15.5 Å². The third-order valence-electron chi connectivity index (χ3n) is 3.70. The quantitative estimate of drug-likeness (QED) is 0.892. The van der Waals surface area contributed by atoms with E-state index in [9.17, 15) is 14.0 Å². The monoisotopic (exact) mass is 336 g/mol. The Balaban J connectivity index is 1.63. The molecule has 0 spiro atoms. The van der Waals surface area contributed by atoms with Crippen molar-refractivity contribution in [3.8, 4) is 0 Å². The molecule has 1 amide bonds. The Bertz CT molecular complexity index is 775. The van der Waals surface area contributed by atoms with Crippen LogP contribution in [0.2, 0.25) is 5.02 Å². The van der Waals surface area contributed by atoms with Gasteiger partial charge in [-0.3, -0.25) is 9.59 Å². The molecular formula is C15H14ClFN4O2. The molecule has 23 heavy (non-hydrogen) atoms. The predicted molar refractivity (Wildman–Crippen MR) is 84.4 cm³/mol. The molecule has 1 unspecified atom stereocenters. The number of carbonyl (C=O) groups is 1. The molecule has 0 radical (unpaired) electrons. The first-order valence-corrected chi connectivity index (χ1v) is 7.47. The number of hydrogen-bond acceptors (Lipinski definition) is 4. The van der Waals surface area contributed by atoms with Gasteiger partial charge >= 0.3 is 0 Å². The minimum Gasteiger partial charge on any atom is -0.369 e. The van der Waals surface area contributed by atoms with Crippen molar-refractivity contribution in [2.45, 2.75) is 12.5 Å². The maximum Gasteiger partial charge on any atom is 0.271 e. The van der Waals surface area contributed by atoms with Crippen LogP contribution in [0.5, 0.6) is 0 Å². The molecule has 0 bridgehead atoms. The number of benzene rings is 1. The summed E-state index contributed by atoms with van der Waals surface area (Å²) in [7, 11) is 0. The minimum absolute atomic E-state index is 0.0741. The number of hydrogen-bond donors (Lipinski definition) is 2. The van der Waals surface area contributed by atoms with Crippen LogP contribution in [0, 0.1) is 5.82 Å². The molecule has 2 heterocycles. The van der Waals surface area contributed by atoms with Crippen molar-refractivity contribution in [3.63, 3.8) is 0 Å². The first-order valence-electron chi connectivity index (χ1n) is 7.09. The summed E-state index contributed by atoms with van der Waals surface area (Å²) in [5.74, 6) is -0.815. The molecule has 2 aromatic rings. The number of aromatic amines is 1. The van der Waals surface area contributed by atoms with Gasteiger partial charge in [-0.2, -0.15) is 5.10 Å². The molecule has 1 fully saturated rings. The van der Waals surface area contributed by atoms with Crippen molar-refractivity contribution in [3.05, 3.63) is 57.2 Å². The summed E-state index contributed by atoms with van der Waals surface area (Å²) in [5, 5.41) is 8.85. The standard InChI is InChI=1S/C15H14ClFN4O2/c16-11-2-1-10(7-12(11)17)21-6-5-9(8-21)18-15(23)13-3-4-14(22)20-19-13/h1-4,7,9H,5-6,8H2,(H,18,23)(H,20,22). The van der Waals surface area contributed by atoms with Crippen LogP contribution in [-0.4, -0.2) is 35.2 Å². The average Bonchev–Trinajstić information content (AvgIpc) is 2.99. The molecule has 1 saturated heterocycles. The average molecular weight is 337 g/mol. The molecule has 1 aliphatic rings. The Morgan fingerprint density at radius 2 is 2.22 bits per heavy atom. The number of rotatable bonds is 3. The summed E-state index contributed by atoms with van der Waals surface area (Å²) in [5.41, 5.74) is 0.518. The second-order valence-electron chi connectivity index (χ2n) is 5.31. The molecule has 1 aliphatic heterocycles. The zero-order valence-electron chi connectivity index (χ0n) is 12.1. The van der Waals surface area contributed by atoms with Gasteiger partial charge in [0, 0.05) is 30.9 Å². The fraction of sp³-hybridized carbons (Fsp3) is 0.267. The zero-order valence-corrected chi connectivity index (χ0v) is 12.8. The SMILES string of the molecule is O=C(NC1CCN(c2ccc(Cl)c(F)c2)C1)c1ccc(=O)[nH]n1. The smallest absolute Gasteiger partial charge is 0.271 e. The lowest BCUT2D eigenvalue weighted by molar-refractivity contribution is 0.0934.